The summed E-state index contributed by atoms with van der Waals surface area (Å²) >= 11 is 0. The van der Waals surface area contributed by atoms with Gasteiger partial charge in [-0.3, -0.25) is 4.79 Å². The zero-order valence-corrected chi connectivity index (χ0v) is 11.2. The molecule has 1 aromatic rings. The van der Waals surface area contributed by atoms with Crippen molar-refractivity contribution < 1.29 is 45.3 Å². The summed E-state index contributed by atoms with van der Waals surface area (Å²) in [5.74, 6) is -3.70. The van der Waals surface area contributed by atoms with Gasteiger partial charge in [0.1, 0.15) is 18.3 Å². The van der Waals surface area contributed by atoms with E-state index >= 15 is 0 Å². The maximum absolute atomic E-state index is 12.4. The number of hydrogen-bond acceptors (Lipinski definition) is 9. The Morgan fingerprint density at radius 1 is 1.23 bits per heavy atom. The van der Waals surface area contributed by atoms with Crippen LogP contribution < -0.4 is 0 Å². The molecule has 9 nitrogen and oxygen atoms in total. The number of rotatable bonds is 3. The third-order valence-electron chi connectivity index (χ3n) is 3.64. The van der Waals surface area contributed by atoms with Crippen LogP contribution in [-0.4, -0.2) is 78.7 Å². The molecule has 1 saturated heterocycles. The van der Waals surface area contributed by atoms with Crippen LogP contribution in [0.2, 0.25) is 0 Å². The molecule has 7 N–H and O–H groups in total. The number of aliphatic hydroxyl groups excluding tert-OH is 3. The third kappa shape index (κ3) is 2.38. The first-order valence-corrected chi connectivity index (χ1v) is 6.34. The predicted octanol–water partition coefficient (Wildman–Crippen LogP) is -2.17. The van der Waals surface area contributed by atoms with Crippen molar-refractivity contribution in [1.82, 2.24) is 0 Å². The van der Waals surface area contributed by atoms with Crippen molar-refractivity contribution in [3.05, 3.63) is 17.7 Å². The summed E-state index contributed by atoms with van der Waals surface area (Å²) < 4.78 is 4.95. The van der Waals surface area contributed by atoms with Crippen molar-refractivity contribution >= 4 is 5.78 Å². The minimum atomic E-state index is -2.69. The van der Waals surface area contributed by atoms with Gasteiger partial charge in [-0.1, -0.05) is 0 Å². The molecule has 0 amide bonds. The van der Waals surface area contributed by atoms with Crippen LogP contribution in [0.5, 0.6) is 17.2 Å². The van der Waals surface area contributed by atoms with Crippen LogP contribution in [-0.2, 0) is 4.74 Å². The van der Waals surface area contributed by atoms with Crippen LogP contribution in [0.3, 0.4) is 0 Å². The van der Waals surface area contributed by atoms with Gasteiger partial charge in [0.15, 0.2) is 28.6 Å². The van der Waals surface area contributed by atoms with Gasteiger partial charge in [-0.05, 0) is 12.1 Å². The molecule has 122 valence electrons. The lowest BCUT2D eigenvalue weighted by Gasteiger charge is -2.43. The Morgan fingerprint density at radius 3 is 2.27 bits per heavy atom. The van der Waals surface area contributed by atoms with E-state index in [0.717, 1.165) is 12.1 Å². The first-order chi connectivity index (χ1) is 10.2. The standard InChI is InChI=1S/C13H16O9/c14-3-9-13(21,12(20)8(17)4-22-9)11(19)5-1-6(15)10(18)7(16)2-5/h1-2,8-9,12,14-18,20-21H,3-4H2/t8-,9+,12+,13-/m0/s1. The summed E-state index contributed by atoms with van der Waals surface area (Å²) in [6, 6.07) is 1.52. The maximum Gasteiger partial charge on any atom is 0.200 e. The van der Waals surface area contributed by atoms with Gasteiger partial charge in [0, 0.05) is 5.56 Å². The predicted molar refractivity (Wildman–Crippen MR) is 69.6 cm³/mol. The van der Waals surface area contributed by atoms with Crippen molar-refractivity contribution in [2.75, 3.05) is 13.2 Å². The number of phenolic OH excluding ortho intramolecular Hbond substituents is 3. The van der Waals surface area contributed by atoms with Gasteiger partial charge in [-0.15, -0.1) is 0 Å². The van der Waals surface area contributed by atoms with E-state index in [1.54, 1.807) is 0 Å². The highest BCUT2D eigenvalue weighted by molar-refractivity contribution is 6.04. The molecule has 1 aliphatic rings. The van der Waals surface area contributed by atoms with Gasteiger partial charge < -0.3 is 40.5 Å². The number of hydrogen-bond donors (Lipinski definition) is 7. The molecule has 2 rings (SSSR count). The molecule has 0 unspecified atom stereocenters. The molecule has 0 saturated carbocycles. The van der Waals surface area contributed by atoms with Crippen LogP contribution in [0.25, 0.3) is 0 Å². The first-order valence-electron chi connectivity index (χ1n) is 6.34. The average Bonchev–Trinajstić information content (AvgIpc) is 2.49. The van der Waals surface area contributed by atoms with Crippen LogP contribution in [0.1, 0.15) is 10.4 Å². The molecule has 4 atom stereocenters. The Morgan fingerprint density at radius 2 is 1.77 bits per heavy atom. The molecule has 0 aliphatic carbocycles. The average molecular weight is 316 g/mol. The number of ketones is 1. The number of aromatic hydroxyl groups is 3. The van der Waals surface area contributed by atoms with Crippen molar-refractivity contribution in [3.63, 3.8) is 0 Å². The molecular weight excluding hydrogens is 300 g/mol. The van der Waals surface area contributed by atoms with E-state index in [1.807, 2.05) is 0 Å². The van der Waals surface area contributed by atoms with Gasteiger partial charge in [-0.2, -0.15) is 0 Å². The van der Waals surface area contributed by atoms with Gasteiger partial charge >= 0.3 is 0 Å². The topological polar surface area (TPSA) is 168 Å². The van der Waals surface area contributed by atoms with E-state index in [0.29, 0.717) is 0 Å². The molecular formula is C13H16O9. The highest BCUT2D eigenvalue weighted by Gasteiger charge is 2.56. The second-order valence-corrected chi connectivity index (χ2v) is 5.03. The quantitative estimate of drug-likeness (QED) is 0.242. The normalized spacial score (nSPS) is 31.9. The molecule has 1 aliphatic heterocycles. The lowest BCUT2D eigenvalue weighted by molar-refractivity contribution is -0.227. The molecule has 22 heavy (non-hydrogen) atoms. The molecule has 1 heterocycles. The van der Waals surface area contributed by atoms with E-state index in [2.05, 4.69) is 0 Å². The monoisotopic (exact) mass is 316 g/mol. The fraction of sp³-hybridized carbons (Fsp3) is 0.462. The van der Waals surface area contributed by atoms with Crippen LogP contribution in [0.15, 0.2) is 12.1 Å². The summed E-state index contributed by atoms with van der Waals surface area (Å²) in [6.07, 6.45) is -5.04. The lowest BCUT2D eigenvalue weighted by Crippen LogP contribution is -2.67. The smallest absolute Gasteiger partial charge is 0.200 e. The highest BCUT2D eigenvalue weighted by Crippen LogP contribution is 2.38. The number of aliphatic hydroxyl groups is 4. The largest absolute Gasteiger partial charge is 0.504 e. The molecule has 0 bridgehead atoms. The summed E-state index contributed by atoms with van der Waals surface area (Å²) in [7, 11) is 0. The molecule has 0 radical (unpaired) electrons. The number of benzene rings is 1. The van der Waals surface area contributed by atoms with E-state index in [-0.39, 0.29) is 0 Å². The van der Waals surface area contributed by atoms with Gasteiger partial charge in [0.25, 0.3) is 0 Å². The van der Waals surface area contributed by atoms with E-state index in [9.17, 15) is 40.5 Å². The first kappa shape index (κ1) is 16.5. The Labute approximate surface area is 124 Å². The van der Waals surface area contributed by atoms with Gasteiger partial charge in [-0.25, -0.2) is 0 Å². The van der Waals surface area contributed by atoms with Crippen molar-refractivity contribution in [2.24, 2.45) is 0 Å². The van der Waals surface area contributed by atoms with Crippen molar-refractivity contribution in [2.45, 2.75) is 23.9 Å². The number of ether oxygens (including phenoxy) is 1. The van der Waals surface area contributed by atoms with Crippen LogP contribution in [0.4, 0.5) is 0 Å². The van der Waals surface area contributed by atoms with E-state index < -0.39 is 65.7 Å². The summed E-state index contributed by atoms with van der Waals surface area (Å²) in [5.41, 5.74) is -3.15. The van der Waals surface area contributed by atoms with Gasteiger partial charge in [0.05, 0.1) is 13.2 Å². The number of carbonyl (C=O) groups is 1. The Kier molecular flexibility index (Phi) is 4.27. The summed E-state index contributed by atoms with van der Waals surface area (Å²) in [4.78, 5) is 12.4. The van der Waals surface area contributed by atoms with E-state index in [1.165, 1.54) is 0 Å². The fourth-order valence-corrected chi connectivity index (χ4v) is 2.36. The second-order valence-electron chi connectivity index (χ2n) is 5.03. The van der Waals surface area contributed by atoms with Crippen molar-refractivity contribution in [3.8, 4) is 17.2 Å². The summed E-state index contributed by atoms with van der Waals surface area (Å²) in [6.45, 7) is -1.21. The molecule has 9 heteroatoms. The third-order valence-corrected chi connectivity index (χ3v) is 3.64. The minimum Gasteiger partial charge on any atom is -0.504 e. The maximum atomic E-state index is 12.4. The molecule has 0 spiro atoms. The second kappa shape index (κ2) is 5.71. The zero-order valence-electron chi connectivity index (χ0n) is 11.2. The van der Waals surface area contributed by atoms with Crippen LogP contribution in [0, 0.1) is 0 Å². The Hall–Kier alpha value is -1.91. The Bertz CT molecular complexity index is 560. The summed E-state index contributed by atoms with van der Waals surface area (Å²) in [5, 5.41) is 67.3. The minimum absolute atomic E-state index is 0.395. The number of phenols is 3. The Balaban J connectivity index is 2.49. The number of Topliss-reactive ketones (excluding diaryl/α,β-unsaturated/α-hetero) is 1. The lowest BCUT2D eigenvalue weighted by atomic mass is 9.79. The van der Waals surface area contributed by atoms with E-state index in [4.69, 9.17) is 4.74 Å². The molecule has 0 aromatic heterocycles. The highest BCUT2D eigenvalue weighted by atomic mass is 16.5. The zero-order chi connectivity index (χ0) is 16.7. The van der Waals surface area contributed by atoms with Crippen molar-refractivity contribution in [1.29, 1.82) is 0 Å². The fourth-order valence-electron chi connectivity index (χ4n) is 2.36. The van der Waals surface area contributed by atoms with Gasteiger partial charge in [0.2, 0.25) is 0 Å². The van der Waals surface area contributed by atoms with Crippen LogP contribution >= 0.6 is 0 Å². The molecule has 1 fully saturated rings. The SMILES string of the molecule is O=C(c1cc(O)c(O)c(O)c1)[C@]1(O)[C@H](O)[C@@H](O)CO[C@@H]1CO. The molecule has 1 aromatic carbocycles. The number of carbonyl (C=O) groups excluding carboxylic acids is 1.